The van der Waals surface area contributed by atoms with Crippen molar-refractivity contribution in [2.45, 2.75) is 45.9 Å². The van der Waals surface area contributed by atoms with Crippen molar-refractivity contribution in [2.24, 2.45) is 0 Å². The highest BCUT2D eigenvalue weighted by molar-refractivity contribution is 5.14. The number of aromatic amines is 1. The minimum Gasteiger partial charge on any atom is -0.380 e. The lowest BCUT2D eigenvalue weighted by molar-refractivity contribution is 0.105. The van der Waals surface area contributed by atoms with Gasteiger partial charge in [0.25, 0.3) is 0 Å². The number of hydrogen-bond acceptors (Lipinski definition) is 6. The Bertz CT molecular complexity index is 601. The Morgan fingerprint density at radius 1 is 1.33 bits per heavy atom. The monoisotopic (exact) mass is 291 g/mol. The van der Waals surface area contributed by atoms with Crippen LogP contribution in [0.2, 0.25) is 0 Å². The summed E-state index contributed by atoms with van der Waals surface area (Å²) in [6.07, 6.45) is 1.11. The Balaban J connectivity index is 1.81. The molecule has 7 nitrogen and oxygen atoms in total. The molecule has 1 aliphatic rings. The molecule has 2 aromatic heterocycles. The second-order valence-corrected chi connectivity index (χ2v) is 5.61. The molecule has 1 saturated heterocycles. The average Bonchev–Trinajstić information content (AvgIpc) is 3.12. The standard InChI is InChI=1S/C14H21N5O2/c1-8-9(2)16-14(15-8)12-5-11(20-4)6-19(12)7-13-17-10(3)18-21-13/h11-12H,5-7H2,1-4H3,(H,15,16)/t11-,12+/m1/s1. The van der Waals surface area contributed by atoms with Crippen LogP contribution in [-0.4, -0.2) is 44.8 Å². The van der Waals surface area contributed by atoms with Crippen LogP contribution in [0.5, 0.6) is 0 Å². The topological polar surface area (TPSA) is 80.1 Å². The fourth-order valence-corrected chi connectivity index (χ4v) is 2.80. The summed E-state index contributed by atoms with van der Waals surface area (Å²) in [5.74, 6) is 2.28. The molecule has 0 aromatic carbocycles. The SMILES string of the molecule is CO[C@@H]1C[C@@H](c2nc(C)c(C)[nH]2)N(Cc2nc(C)no2)C1. The number of rotatable bonds is 4. The van der Waals surface area contributed by atoms with E-state index in [9.17, 15) is 0 Å². The van der Waals surface area contributed by atoms with Gasteiger partial charge >= 0.3 is 0 Å². The van der Waals surface area contributed by atoms with Gasteiger partial charge in [-0.05, 0) is 27.2 Å². The Labute approximate surface area is 123 Å². The molecule has 2 atom stereocenters. The number of hydrogen-bond donors (Lipinski definition) is 1. The second-order valence-electron chi connectivity index (χ2n) is 5.61. The summed E-state index contributed by atoms with van der Waals surface area (Å²) in [6.45, 7) is 7.33. The van der Waals surface area contributed by atoms with Crippen molar-refractivity contribution in [3.05, 3.63) is 28.9 Å². The Morgan fingerprint density at radius 3 is 2.71 bits per heavy atom. The number of ether oxygens (including phenoxy) is 1. The Kier molecular flexibility index (Phi) is 3.77. The number of likely N-dealkylation sites (tertiary alicyclic amines) is 1. The Morgan fingerprint density at radius 2 is 2.14 bits per heavy atom. The molecule has 0 radical (unpaired) electrons. The van der Waals surface area contributed by atoms with E-state index in [4.69, 9.17) is 9.26 Å². The lowest BCUT2D eigenvalue weighted by Crippen LogP contribution is -2.25. The lowest BCUT2D eigenvalue weighted by Gasteiger charge is -2.20. The second kappa shape index (κ2) is 5.57. The van der Waals surface area contributed by atoms with Gasteiger partial charge in [-0.1, -0.05) is 5.16 Å². The Hall–Kier alpha value is -1.73. The van der Waals surface area contributed by atoms with Crippen LogP contribution in [0, 0.1) is 20.8 Å². The molecule has 3 rings (SSSR count). The maximum Gasteiger partial charge on any atom is 0.240 e. The van der Waals surface area contributed by atoms with Gasteiger partial charge in [-0.2, -0.15) is 4.98 Å². The number of imidazole rings is 1. The van der Waals surface area contributed by atoms with Crippen molar-refractivity contribution in [1.82, 2.24) is 25.0 Å². The molecule has 2 aromatic rings. The number of nitrogens with one attached hydrogen (secondary N) is 1. The van der Waals surface area contributed by atoms with Crippen LogP contribution >= 0.6 is 0 Å². The van der Waals surface area contributed by atoms with Gasteiger partial charge in [-0.15, -0.1) is 0 Å². The van der Waals surface area contributed by atoms with Crippen molar-refractivity contribution >= 4 is 0 Å². The van der Waals surface area contributed by atoms with E-state index >= 15 is 0 Å². The van der Waals surface area contributed by atoms with E-state index in [2.05, 4.69) is 25.0 Å². The maximum atomic E-state index is 5.52. The zero-order chi connectivity index (χ0) is 15.0. The van der Waals surface area contributed by atoms with Crippen molar-refractivity contribution in [1.29, 1.82) is 0 Å². The van der Waals surface area contributed by atoms with Crippen molar-refractivity contribution in [3.8, 4) is 0 Å². The highest BCUT2D eigenvalue weighted by Gasteiger charge is 2.36. The summed E-state index contributed by atoms with van der Waals surface area (Å²) < 4.78 is 10.8. The number of aromatic nitrogens is 4. The van der Waals surface area contributed by atoms with Crippen LogP contribution in [0.1, 0.15) is 41.4 Å². The molecule has 1 fully saturated rings. The minimum absolute atomic E-state index is 0.189. The van der Waals surface area contributed by atoms with E-state index < -0.39 is 0 Å². The first-order valence-corrected chi connectivity index (χ1v) is 7.16. The van der Waals surface area contributed by atoms with Crippen molar-refractivity contribution in [3.63, 3.8) is 0 Å². The summed E-state index contributed by atoms with van der Waals surface area (Å²) in [5, 5.41) is 3.85. The normalized spacial score (nSPS) is 23.0. The predicted molar refractivity (Wildman–Crippen MR) is 75.7 cm³/mol. The summed E-state index contributed by atoms with van der Waals surface area (Å²) >= 11 is 0. The van der Waals surface area contributed by atoms with Crippen molar-refractivity contribution < 1.29 is 9.26 Å². The molecule has 0 aliphatic carbocycles. The number of aryl methyl sites for hydroxylation is 3. The van der Waals surface area contributed by atoms with Crippen LogP contribution in [0.4, 0.5) is 0 Å². The van der Waals surface area contributed by atoms with Gasteiger partial charge in [0.2, 0.25) is 5.89 Å². The zero-order valence-electron chi connectivity index (χ0n) is 12.9. The van der Waals surface area contributed by atoms with Gasteiger partial charge in [0.15, 0.2) is 5.82 Å². The number of methoxy groups -OCH3 is 1. The average molecular weight is 291 g/mol. The molecule has 0 bridgehead atoms. The molecule has 0 saturated carbocycles. The van der Waals surface area contributed by atoms with Gasteiger partial charge in [-0.25, -0.2) is 4.98 Å². The molecule has 21 heavy (non-hydrogen) atoms. The number of nitrogens with zero attached hydrogens (tertiary/aromatic N) is 4. The van der Waals surface area contributed by atoms with Crippen LogP contribution in [-0.2, 0) is 11.3 Å². The van der Waals surface area contributed by atoms with E-state index in [0.717, 1.165) is 30.2 Å². The van der Waals surface area contributed by atoms with E-state index in [1.165, 1.54) is 0 Å². The highest BCUT2D eigenvalue weighted by Crippen LogP contribution is 2.33. The molecule has 1 N–H and O–H groups in total. The van der Waals surface area contributed by atoms with Crippen molar-refractivity contribution in [2.75, 3.05) is 13.7 Å². The molecular formula is C14H21N5O2. The lowest BCUT2D eigenvalue weighted by atomic mass is 10.2. The van der Waals surface area contributed by atoms with Gasteiger partial charge in [0.1, 0.15) is 5.82 Å². The molecule has 0 unspecified atom stereocenters. The third kappa shape index (κ3) is 2.84. The van der Waals surface area contributed by atoms with E-state index in [1.54, 1.807) is 7.11 Å². The fourth-order valence-electron chi connectivity index (χ4n) is 2.80. The maximum absolute atomic E-state index is 5.52. The molecule has 1 aliphatic heterocycles. The number of H-pyrrole nitrogens is 1. The largest absolute Gasteiger partial charge is 0.380 e. The van der Waals surface area contributed by atoms with Gasteiger partial charge in [0.05, 0.1) is 24.4 Å². The summed E-state index contributed by atoms with van der Waals surface area (Å²) in [6, 6.07) is 0.189. The molecule has 7 heteroatoms. The first-order chi connectivity index (χ1) is 10.1. The molecule has 114 valence electrons. The van der Waals surface area contributed by atoms with Crippen LogP contribution < -0.4 is 0 Å². The molecule has 0 amide bonds. The molecular weight excluding hydrogens is 270 g/mol. The fraction of sp³-hybridized carbons (Fsp3) is 0.643. The van der Waals surface area contributed by atoms with Crippen LogP contribution in [0.15, 0.2) is 4.52 Å². The molecule has 3 heterocycles. The quantitative estimate of drug-likeness (QED) is 0.923. The smallest absolute Gasteiger partial charge is 0.240 e. The summed E-state index contributed by atoms with van der Waals surface area (Å²) in [5.41, 5.74) is 2.15. The predicted octanol–water partition coefficient (Wildman–Crippen LogP) is 1.68. The third-order valence-corrected chi connectivity index (χ3v) is 4.07. The minimum atomic E-state index is 0.189. The zero-order valence-corrected chi connectivity index (χ0v) is 12.9. The first kappa shape index (κ1) is 14.2. The van der Waals surface area contributed by atoms with Gasteiger partial charge in [-0.3, -0.25) is 4.90 Å². The van der Waals surface area contributed by atoms with E-state index in [1.807, 2.05) is 20.8 Å². The van der Waals surface area contributed by atoms with Crippen LogP contribution in [0.25, 0.3) is 0 Å². The molecule has 0 spiro atoms. The summed E-state index contributed by atoms with van der Waals surface area (Å²) in [7, 11) is 1.75. The van der Waals surface area contributed by atoms with E-state index in [-0.39, 0.29) is 12.1 Å². The first-order valence-electron chi connectivity index (χ1n) is 7.16. The third-order valence-electron chi connectivity index (χ3n) is 4.07. The van der Waals surface area contributed by atoms with Gasteiger partial charge in [0, 0.05) is 19.3 Å². The van der Waals surface area contributed by atoms with Crippen LogP contribution in [0.3, 0.4) is 0 Å². The highest BCUT2D eigenvalue weighted by atomic mass is 16.5. The van der Waals surface area contributed by atoms with E-state index in [0.29, 0.717) is 18.3 Å². The van der Waals surface area contributed by atoms with Gasteiger partial charge < -0.3 is 14.2 Å². The summed E-state index contributed by atoms with van der Waals surface area (Å²) in [4.78, 5) is 14.6.